The van der Waals surface area contributed by atoms with Crippen molar-refractivity contribution in [2.45, 2.75) is 99.0 Å². The van der Waals surface area contributed by atoms with Gasteiger partial charge in [0.25, 0.3) is 0 Å². The molecule has 0 radical (unpaired) electrons. The molecule has 0 aromatic heterocycles. The monoisotopic (exact) mass is 412 g/mol. The van der Waals surface area contributed by atoms with E-state index in [9.17, 15) is 5.11 Å². The lowest BCUT2D eigenvalue weighted by Gasteiger charge is -2.61. The zero-order valence-electron chi connectivity index (χ0n) is 20.6. The molecule has 0 bridgehead atoms. The Bertz CT molecular complexity index is 661. The van der Waals surface area contributed by atoms with E-state index in [4.69, 9.17) is 0 Å². The standard InChI is InChI=1S/C29H48O/c1-7-21(19(2)3)12-11-20(4)23-13-14-24-22-18-27(30)26-10-8-9-16-28(26,5)25(22)15-17-29(23,24)6/h8-9,11-12,19-27,30H,7,10,13-18H2,1-6H3/b12-11+/t20-,21-,22+,23-,24+,25+,26-,27+,28-,29-/m1/s1. The quantitative estimate of drug-likeness (QED) is 0.460. The molecule has 3 saturated carbocycles. The summed E-state index contributed by atoms with van der Waals surface area (Å²) in [6.45, 7) is 14.7. The molecule has 0 spiro atoms. The molecule has 170 valence electrons. The van der Waals surface area contributed by atoms with Crippen LogP contribution in [0.5, 0.6) is 0 Å². The summed E-state index contributed by atoms with van der Waals surface area (Å²) in [4.78, 5) is 0. The maximum Gasteiger partial charge on any atom is 0.0579 e. The second-order valence-electron chi connectivity index (χ2n) is 12.5. The molecule has 1 N–H and O–H groups in total. The maximum absolute atomic E-state index is 11.2. The lowest BCUT2D eigenvalue weighted by molar-refractivity contribution is -0.145. The van der Waals surface area contributed by atoms with Crippen molar-refractivity contribution in [1.82, 2.24) is 0 Å². The Morgan fingerprint density at radius 3 is 2.40 bits per heavy atom. The summed E-state index contributed by atoms with van der Waals surface area (Å²) in [5.41, 5.74) is 0.797. The van der Waals surface area contributed by atoms with Gasteiger partial charge in [0.1, 0.15) is 0 Å². The molecule has 3 fully saturated rings. The summed E-state index contributed by atoms with van der Waals surface area (Å²) < 4.78 is 0. The van der Waals surface area contributed by atoms with Crippen molar-refractivity contribution in [3.63, 3.8) is 0 Å². The van der Waals surface area contributed by atoms with Crippen LogP contribution in [-0.2, 0) is 0 Å². The highest BCUT2D eigenvalue weighted by atomic mass is 16.3. The van der Waals surface area contributed by atoms with Crippen LogP contribution in [0.2, 0.25) is 0 Å². The second kappa shape index (κ2) is 8.42. The van der Waals surface area contributed by atoms with Gasteiger partial charge in [0.2, 0.25) is 0 Å². The van der Waals surface area contributed by atoms with Gasteiger partial charge in [-0.15, -0.1) is 0 Å². The minimum atomic E-state index is -0.0868. The predicted molar refractivity (Wildman–Crippen MR) is 128 cm³/mol. The molecule has 0 amide bonds. The molecule has 0 heterocycles. The average molecular weight is 413 g/mol. The van der Waals surface area contributed by atoms with Gasteiger partial charge in [-0.1, -0.05) is 65.8 Å². The molecule has 0 aromatic carbocycles. The number of aliphatic hydroxyl groups is 1. The molecule has 1 nitrogen and oxygen atoms in total. The third-order valence-corrected chi connectivity index (χ3v) is 10.9. The molecule has 0 aliphatic heterocycles. The fourth-order valence-corrected chi connectivity index (χ4v) is 9.09. The van der Waals surface area contributed by atoms with Crippen molar-refractivity contribution in [1.29, 1.82) is 0 Å². The summed E-state index contributed by atoms with van der Waals surface area (Å²) in [6, 6.07) is 0. The number of hydrogen-bond acceptors (Lipinski definition) is 1. The summed E-state index contributed by atoms with van der Waals surface area (Å²) in [6.07, 6.45) is 20.0. The highest BCUT2D eigenvalue weighted by molar-refractivity contribution is 5.15. The first-order chi connectivity index (χ1) is 14.2. The summed E-state index contributed by atoms with van der Waals surface area (Å²) in [5, 5.41) is 11.2. The van der Waals surface area contributed by atoms with E-state index in [1.165, 1.54) is 38.5 Å². The van der Waals surface area contributed by atoms with Gasteiger partial charge in [-0.05, 0) is 110 Å². The van der Waals surface area contributed by atoms with Gasteiger partial charge in [0, 0.05) is 0 Å². The Kier molecular flexibility index (Phi) is 6.35. The molecule has 0 aromatic rings. The van der Waals surface area contributed by atoms with Crippen LogP contribution in [0, 0.1) is 58.2 Å². The minimum Gasteiger partial charge on any atom is -0.393 e. The van der Waals surface area contributed by atoms with E-state index in [1.807, 2.05) is 0 Å². The van der Waals surface area contributed by atoms with Crippen molar-refractivity contribution in [2.24, 2.45) is 58.2 Å². The lowest BCUT2D eigenvalue weighted by atomic mass is 9.44. The van der Waals surface area contributed by atoms with Crippen LogP contribution < -0.4 is 0 Å². The van der Waals surface area contributed by atoms with Gasteiger partial charge >= 0.3 is 0 Å². The van der Waals surface area contributed by atoms with Crippen LogP contribution in [-0.4, -0.2) is 11.2 Å². The van der Waals surface area contributed by atoms with Gasteiger partial charge < -0.3 is 5.11 Å². The first-order valence-electron chi connectivity index (χ1n) is 13.2. The molecule has 0 unspecified atom stereocenters. The molecular formula is C29H48O. The first-order valence-corrected chi connectivity index (χ1v) is 13.2. The van der Waals surface area contributed by atoms with Crippen molar-refractivity contribution >= 4 is 0 Å². The smallest absolute Gasteiger partial charge is 0.0579 e. The molecule has 0 saturated heterocycles. The fourth-order valence-electron chi connectivity index (χ4n) is 9.09. The lowest BCUT2D eigenvalue weighted by Crippen LogP contribution is -2.56. The predicted octanol–water partition coefficient (Wildman–Crippen LogP) is 7.66. The van der Waals surface area contributed by atoms with E-state index in [1.54, 1.807) is 0 Å². The van der Waals surface area contributed by atoms with Gasteiger partial charge in [-0.3, -0.25) is 0 Å². The third kappa shape index (κ3) is 3.56. The minimum absolute atomic E-state index is 0.0868. The van der Waals surface area contributed by atoms with E-state index < -0.39 is 0 Å². The van der Waals surface area contributed by atoms with Crippen molar-refractivity contribution in [2.75, 3.05) is 0 Å². The molecule has 1 heteroatoms. The molecule has 4 aliphatic rings. The SMILES string of the molecule is CC[C@H](/C=C/[C@@H](C)[C@H]1CC[C@H]2[C@@H]3C[C@H](O)[C@H]4CC=CC[C@]4(C)[C@H]3CC[C@]12C)C(C)C. The fraction of sp³-hybridized carbons (Fsp3) is 0.862. The van der Waals surface area contributed by atoms with Crippen molar-refractivity contribution in [3.8, 4) is 0 Å². The van der Waals surface area contributed by atoms with Crippen LogP contribution in [0.25, 0.3) is 0 Å². The van der Waals surface area contributed by atoms with Crippen molar-refractivity contribution < 1.29 is 5.11 Å². The van der Waals surface area contributed by atoms with Crippen molar-refractivity contribution in [3.05, 3.63) is 24.3 Å². The van der Waals surface area contributed by atoms with Crippen LogP contribution >= 0.6 is 0 Å². The zero-order chi connectivity index (χ0) is 21.7. The van der Waals surface area contributed by atoms with Crippen LogP contribution in [0.3, 0.4) is 0 Å². The van der Waals surface area contributed by atoms with E-state index in [-0.39, 0.29) is 6.10 Å². The average Bonchev–Trinajstić information content (AvgIpc) is 3.05. The molecule has 30 heavy (non-hydrogen) atoms. The number of hydrogen-bond donors (Lipinski definition) is 1. The van der Waals surface area contributed by atoms with E-state index >= 15 is 0 Å². The number of fused-ring (bicyclic) bond motifs is 5. The third-order valence-electron chi connectivity index (χ3n) is 10.9. The topological polar surface area (TPSA) is 20.2 Å². The van der Waals surface area contributed by atoms with Crippen LogP contribution in [0.1, 0.15) is 92.9 Å². The van der Waals surface area contributed by atoms with Crippen LogP contribution in [0.4, 0.5) is 0 Å². The van der Waals surface area contributed by atoms with Crippen LogP contribution in [0.15, 0.2) is 24.3 Å². The Labute approximate surface area is 186 Å². The van der Waals surface area contributed by atoms with E-state index in [2.05, 4.69) is 65.8 Å². The van der Waals surface area contributed by atoms with Gasteiger partial charge in [0.15, 0.2) is 0 Å². The zero-order valence-corrected chi connectivity index (χ0v) is 20.6. The summed E-state index contributed by atoms with van der Waals surface area (Å²) >= 11 is 0. The number of allylic oxidation sites excluding steroid dienone is 4. The van der Waals surface area contributed by atoms with E-state index in [0.717, 1.165) is 48.3 Å². The van der Waals surface area contributed by atoms with E-state index in [0.29, 0.717) is 22.7 Å². The highest BCUT2D eigenvalue weighted by Crippen LogP contribution is 2.67. The second-order valence-corrected chi connectivity index (χ2v) is 12.5. The normalized spacial score (nSPS) is 47.7. The van der Waals surface area contributed by atoms with Gasteiger partial charge in [0.05, 0.1) is 6.10 Å². The Hall–Kier alpha value is -0.560. The first kappa shape index (κ1) is 22.6. The maximum atomic E-state index is 11.2. The molecule has 4 rings (SSSR count). The molecular weight excluding hydrogens is 364 g/mol. The summed E-state index contributed by atoms with van der Waals surface area (Å²) in [5.74, 6) is 5.84. The Morgan fingerprint density at radius 2 is 1.70 bits per heavy atom. The highest BCUT2D eigenvalue weighted by Gasteiger charge is 2.61. The van der Waals surface area contributed by atoms with Gasteiger partial charge in [-0.25, -0.2) is 0 Å². The Morgan fingerprint density at radius 1 is 0.967 bits per heavy atom. The Balaban J connectivity index is 1.53. The number of aliphatic hydroxyl groups excluding tert-OH is 1. The molecule has 10 atom stereocenters. The summed E-state index contributed by atoms with van der Waals surface area (Å²) in [7, 11) is 0. The number of rotatable bonds is 5. The van der Waals surface area contributed by atoms with Gasteiger partial charge in [-0.2, -0.15) is 0 Å². The largest absolute Gasteiger partial charge is 0.393 e. The molecule has 4 aliphatic carbocycles.